The zero-order chi connectivity index (χ0) is 22.6. The maximum atomic E-state index is 13.7. The van der Waals surface area contributed by atoms with Crippen LogP contribution in [0.4, 0.5) is 24.5 Å². The quantitative estimate of drug-likeness (QED) is 0.780. The van der Waals surface area contributed by atoms with E-state index < -0.39 is 23.8 Å². The van der Waals surface area contributed by atoms with Crippen LogP contribution in [0.1, 0.15) is 18.1 Å². The maximum Gasteiger partial charge on any atom is 0.418 e. The summed E-state index contributed by atoms with van der Waals surface area (Å²) >= 11 is 0. The van der Waals surface area contributed by atoms with Gasteiger partial charge < -0.3 is 19.9 Å². The van der Waals surface area contributed by atoms with Crippen LogP contribution in [0.2, 0.25) is 0 Å². The molecule has 31 heavy (non-hydrogen) atoms. The van der Waals surface area contributed by atoms with Crippen LogP contribution in [-0.2, 0) is 11.0 Å². The topological polar surface area (TPSA) is 68.6 Å². The minimum absolute atomic E-state index is 0.314. The van der Waals surface area contributed by atoms with E-state index in [9.17, 15) is 18.0 Å². The molecule has 1 fully saturated rings. The molecule has 0 radical (unpaired) electrons. The van der Waals surface area contributed by atoms with Crippen molar-refractivity contribution in [3.8, 4) is 11.8 Å². The van der Waals surface area contributed by atoms with E-state index in [0.717, 1.165) is 19.2 Å². The molecule has 1 heterocycles. The number of rotatable bonds is 5. The van der Waals surface area contributed by atoms with Crippen LogP contribution in [0, 0.1) is 11.3 Å². The van der Waals surface area contributed by atoms with Crippen LogP contribution in [0.15, 0.2) is 42.5 Å². The molecule has 164 valence electrons. The van der Waals surface area contributed by atoms with E-state index >= 15 is 0 Å². The van der Waals surface area contributed by atoms with Gasteiger partial charge in [-0.3, -0.25) is 4.79 Å². The number of carbonyl (C=O) groups is 1. The number of piperazine rings is 1. The van der Waals surface area contributed by atoms with E-state index in [1.165, 1.54) is 37.3 Å². The molecule has 1 amide bonds. The number of hydrogen-bond acceptors (Lipinski definition) is 5. The molecule has 9 heteroatoms. The molecule has 2 aromatic rings. The average molecular weight is 432 g/mol. The number of benzene rings is 2. The Balaban J connectivity index is 1.74. The third kappa shape index (κ3) is 5.67. The van der Waals surface area contributed by atoms with Gasteiger partial charge in [0.1, 0.15) is 5.75 Å². The van der Waals surface area contributed by atoms with E-state index in [0.29, 0.717) is 30.1 Å². The Bertz CT molecular complexity index is 962. The summed E-state index contributed by atoms with van der Waals surface area (Å²) in [6, 6.07) is 12.0. The van der Waals surface area contributed by atoms with E-state index in [2.05, 4.69) is 10.2 Å². The first kappa shape index (κ1) is 22.4. The minimum atomic E-state index is -4.62. The number of anilines is 2. The maximum absolute atomic E-state index is 13.7. The van der Waals surface area contributed by atoms with Crippen molar-refractivity contribution in [1.29, 1.82) is 5.26 Å². The summed E-state index contributed by atoms with van der Waals surface area (Å²) < 4.78 is 46.6. The van der Waals surface area contributed by atoms with Gasteiger partial charge in [0.05, 0.1) is 22.9 Å². The number of ether oxygens (including phenoxy) is 1. The summed E-state index contributed by atoms with van der Waals surface area (Å²) in [5, 5.41) is 11.2. The third-order valence-electron chi connectivity index (χ3n) is 5.10. The molecular formula is C22H23F3N4O2. The summed E-state index contributed by atoms with van der Waals surface area (Å²) in [6.45, 7) is 4.25. The zero-order valence-electron chi connectivity index (χ0n) is 17.2. The standard InChI is InChI=1S/C22H23F3N4O2/c1-15(31-18-6-3-16(14-26)4-7-18)21(30)27-20-8-5-17(13-19(20)22(23,24)25)29-11-9-28(2)10-12-29/h3-8,13,15H,9-12H2,1-2H3,(H,27,30). The summed E-state index contributed by atoms with van der Waals surface area (Å²) in [7, 11) is 1.97. The zero-order valence-corrected chi connectivity index (χ0v) is 17.2. The van der Waals surface area contributed by atoms with Crippen molar-refractivity contribution in [3.05, 3.63) is 53.6 Å². The molecule has 0 saturated carbocycles. The van der Waals surface area contributed by atoms with Gasteiger partial charge in [-0.15, -0.1) is 0 Å². The van der Waals surface area contributed by atoms with E-state index in [-0.39, 0.29) is 5.69 Å². The summed E-state index contributed by atoms with van der Waals surface area (Å²) in [5.74, 6) is -0.370. The smallest absolute Gasteiger partial charge is 0.418 e. The second-order valence-corrected chi connectivity index (χ2v) is 7.40. The molecule has 1 N–H and O–H groups in total. The molecular weight excluding hydrogens is 409 g/mol. The first-order valence-electron chi connectivity index (χ1n) is 9.80. The highest BCUT2D eigenvalue weighted by Crippen LogP contribution is 2.37. The third-order valence-corrected chi connectivity index (χ3v) is 5.10. The number of hydrogen-bond donors (Lipinski definition) is 1. The van der Waals surface area contributed by atoms with E-state index in [1.54, 1.807) is 6.07 Å². The highest BCUT2D eigenvalue weighted by Gasteiger charge is 2.35. The molecule has 1 unspecified atom stereocenters. The second-order valence-electron chi connectivity index (χ2n) is 7.40. The van der Waals surface area contributed by atoms with Crippen molar-refractivity contribution in [1.82, 2.24) is 4.90 Å². The minimum Gasteiger partial charge on any atom is -0.481 e. The SMILES string of the molecule is CC(Oc1ccc(C#N)cc1)C(=O)Nc1ccc(N2CCN(C)CC2)cc1C(F)(F)F. The fourth-order valence-corrected chi connectivity index (χ4v) is 3.24. The number of amides is 1. The highest BCUT2D eigenvalue weighted by atomic mass is 19.4. The predicted molar refractivity (Wildman–Crippen MR) is 111 cm³/mol. The van der Waals surface area contributed by atoms with Gasteiger partial charge in [0.15, 0.2) is 6.10 Å². The fraction of sp³-hybridized carbons (Fsp3) is 0.364. The fourth-order valence-electron chi connectivity index (χ4n) is 3.24. The van der Waals surface area contributed by atoms with Crippen LogP contribution >= 0.6 is 0 Å². The Morgan fingerprint density at radius 1 is 1.13 bits per heavy atom. The molecule has 0 aliphatic carbocycles. The Hall–Kier alpha value is -3.25. The number of nitrogens with zero attached hydrogens (tertiary/aromatic N) is 3. The molecule has 1 aliphatic heterocycles. The van der Waals surface area contributed by atoms with Crippen LogP contribution < -0.4 is 15.0 Å². The normalized spacial score (nSPS) is 15.8. The highest BCUT2D eigenvalue weighted by molar-refractivity contribution is 5.95. The molecule has 1 aliphatic rings. The lowest BCUT2D eigenvalue weighted by molar-refractivity contribution is -0.137. The lowest BCUT2D eigenvalue weighted by Crippen LogP contribution is -2.44. The van der Waals surface area contributed by atoms with Gasteiger partial charge in [-0.2, -0.15) is 18.4 Å². The Morgan fingerprint density at radius 2 is 1.77 bits per heavy atom. The summed E-state index contributed by atoms with van der Waals surface area (Å²) in [4.78, 5) is 16.5. The number of alkyl halides is 3. The number of carbonyl (C=O) groups excluding carboxylic acids is 1. The largest absolute Gasteiger partial charge is 0.481 e. The molecule has 6 nitrogen and oxygen atoms in total. The molecule has 0 aromatic heterocycles. The van der Waals surface area contributed by atoms with E-state index in [1.807, 2.05) is 18.0 Å². The Labute approximate surface area is 178 Å². The van der Waals surface area contributed by atoms with Gasteiger partial charge in [-0.1, -0.05) is 0 Å². The van der Waals surface area contributed by atoms with E-state index in [4.69, 9.17) is 10.00 Å². The van der Waals surface area contributed by atoms with Crippen LogP contribution in [0.5, 0.6) is 5.75 Å². The number of nitrogens with one attached hydrogen (secondary N) is 1. The van der Waals surface area contributed by atoms with Gasteiger partial charge >= 0.3 is 6.18 Å². The molecule has 0 spiro atoms. The predicted octanol–water partition coefficient (Wildman–Crippen LogP) is 3.73. The number of nitriles is 1. The molecule has 2 aromatic carbocycles. The van der Waals surface area contributed by atoms with Crippen molar-refractivity contribution in [2.45, 2.75) is 19.2 Å². The summed E-state index contributed by atoms with van der Waals surface area (Å²) in [6.07, 6.45) is -5.66. The monoisotopic (exact) mass is 432 g/mol. The first-order chi connectivity index (χ1) is 14.7. The molecule has 1 saturated heterocycles. The average Bonchev–Trinajstić information content (AvgIpc) is 2.74. The Morgan fingerprint density at radius 3 is 2.35 bits per heavy atom. The molecule has 1 atom stereocenters. The van der Waals surface area contributed by atoms with Crippen molar-refractivity contribution < 1.29 is 22.7 Å². The lowest BCUT2D eigenvalue weighted by Gasteiger charge is -2.34. The Kier molecular flexibility index (Phi) is 6.71. The first-order valence-corrected chi connectivity index (χ1v) is 9.80. The second kappa shape index (κ2) is 9.27. The van der Waals surface area contributed by atoms with Crippen molar-refractivity contribution in [3.63, 3.8) is 0 Å². The lowest BCUT2D eigenvalue weighted by atomic mass is 10.1. The summed E-state index contributed by atoms with van der Waals surface area (Å²) in [5.41, 5.74) is -0.312. The molecule has 3 rings (SSSR count). The van der Waals surface area contributed by atoms with Crippen LogP contribution in [-0.4, -0.2) is 50.1 Å². The van der Waals surface area contributed by atoms with Crippen LogP contribution in [0.25, 0.3) is 0 Å². The van der Waals surface area contributed by atoms with Gasteiger partial charge in [0.2, 0.25) is 0 Å². The van der Waals surface area contributed by atoms with Gasteiger partial charge in [0.25, 0.3) is 5.91 Å². The van der Waals surface area contributed by atoms with Gasteiger partial charge in [-0.25, -0.2) is 0 Å². The van der Waals surface area contributed by atoms with Gasteiger partial charge in [0, 0.05) is 31.9 Å². The number of halogens is 3. The van der Waals surface area contributed by atoms with Crippen molar-refractivity contribution in [2.24, 2.45) is 0 Å². The van der Waals surface area contributed by atoms with Gasteiger partial charge in [-0.05, 0) is 56.4 Å². The van der Waals surface area contributed by atoms with Crippen molar-refractivity contribution in [2.75, 3.05) is 43.4 Å². The van der Waals surface area contributed by atoms with Crippen LogP contribution in [0.3, 0.4) is 0 Å². The molecule has 0 bridgehead atoms. The number of likely N-dealkylation sites (N-methyl/N-ethyl adjacent to an activating group) is 1. The van der Waals surface area contributed by atoms with Crippen molar-refractivity contribution >= 4 is 17.3 Å².